The fraction of sp³-hybridized carbons (Fsp3) is 0.222. The van der Waals surface area contributed by atoms with E-state index in [1.807, 2.05) is 0 Å². The van der Waals surface area contributed by atoms with E-state index < -0.39 is 5.97 Å². The van der Waals surface area contributed by atoms with E-state index in [0.29, 0.717) is 5.56 Å². The lowest BCUT2D eigenvalue weighted by Crippen LogP contribution is -2.04. The zero-order chi connectivity index (χ0) is 10.0. The fourth-order valence-corrected chi connectivity index (χ4v) is 1.18. The van der Waals surface area contributed by atoms with Crippen molar-refractivity contribution in [2.24, 2.45) is 0 Å². The van der Waals surface area contributed by atoms with Crippen molar-refractivity contribution in [3.63, 3.8) is 0 Å². The van der Waals surface area contributed by atoms with Crippen LogP contribution in [0.4, 0.5) is 0 Å². The second kappa shape index (κ2) is 3.66. The van der Waals surface area contributed by atoms with Gasteiger partial charge >= 0.3 is 5.97 Å². The van der Waals surface area contributed by atoms with Crippen LogP contribution in [0.1, 0.15) is 15.9 Å². The summed E-state index contributed by atoms with van der Waals surface area (Å²) in [5.74, 6) is -0.814. The van der Waals surface area contributed by atoms with Crippen LogP contribution in [0, 0.1) is 6.92 Å². The van der Waals surface area contributed by atoms with Gasteiger partial charge in [-0.05, 0) is 18.6 Å². The summed E-state index contributed by atoms with van der Waals surface area (Å²) in [5.41, 5.74) is 0.753. The van der Waals surface area contributed by atoms with Crippen molar-refractivity contribution in [3.8, 4) is 5.75 Å². The quantitative estimate of drug-likeness (QED) is 0.707. The number of ether oxygens (including phenoxy) is 1. The first kappa shape index (κ1) is 9.86. The SMILES string of the molecule is COC(=O)c1c(C)ccc(Cl)c1O. The molecule has 0 aliphatic heterocycles. The number of phenols is 1. The van der Waals surface area contributed by atoms with Crippen LogP contribution in [-0.4, -0.2) is 18.2 Å². The van der Waals surface area contributed by atoms with Gasteiger partial charge in [-0.3, -0.25) is 0 Å². The molecule has 0 fully saturated rings. The van der Waals surface area contributed by atoms with Crippen molar-refractivity contribution in [1.29, 1.82) is 0 Å². The third-order valence-electron chi connectivity index (χ3n) is 1.73. The van der Waals surface area contributed by atoms with Gasteiger partial charge in [0.2, 0.25) is 0 Å². The van der Waals surface area contributed by atoms with Crippen LogP contribution in [0.2, 0.25) is 5.02 Å². The minimum absolute atomic E-state index is 0.120. The molecule has 0 heterocycles. The summed E-state index contributed by atoms with van der Waals surface area (Å²) in [5, 5.41) is 9.59. The largest absolute Gasteiger partial charge is 0.505 e. The van der Waals surface area contributed by atoms with Crippen LogP contribution in [-0.2, 0) is 4.74 Å². The van der Waals surface area contributed by atoms with Gasteiger partial charge in [-0.25, -0.2) is 4.79 Å². The van der Waals surface area contributed by atoms with Crippen LogP contribution in [0.5, 0.6) is 5.75 Å². The van der Waals surface area contributed by atoms with Crippen molar-refractivity contribution in [1.82, 2.24) is 0 Å². The van der Waals surface area contributed by atoms with Crippen molar-refractivity contribution in [3.05, 3.63) is 28.3 Å². The molecule has 4 heteroatoms. The average Bonchev–Trinajstić information content (AvgIpc) is 2.12. The average molecular weight is 201 g/mol. The normalized spacial score (nSPS) is 9.77. The van der Waals surface area contributed by atoms with Gasteiger partial charge in [0.15, 0.2) is 0 Å². The van der Waals surface area contributed by atoms with E-state index in [9.17, 15) is 9.90 Å². The maximum atomic E-state index is 11.2. The number of aryl methyl sites for hydroxylation is 1. The summed E-state index contributed by atoms with van der Waals surface area (Å²) in [6.07, 6.45) is 0. The molecule has 0 saturated carbocycles. The Labute approximate surface area is 80.9 Å². The van der Waals surface area contributed by atoms with Gasteiger partial charge in [-0.2, -0.15) is 0 Å². The molecule has 1 N–H and O–H groups in total. The van der Waals surface area contributed by atoms with Crippen LogP contribution in [0.25, 0.3) is 0 Å². The minimum atomic E-state index is -0.586. The Bertz CT molecular complexity index is 347. The predicted octanol–water partition coefficient (Wildman–Crippen LogP) is 2.14. The Morgan fingerprint density at radius 1 is 1.54 bits per heavy atom. The van der Waals surface area contributed by atoms with Crippen LogP contribution in [0.15, 0.2) is 12.1 Å². The van der Waals surface area contributed by atoms with Crippen LogP contribution >= 0.6 is 11.6 Å². The first-order valence-corrected chi connectivity index (χ1v) is 4.02. The lowest BCUT2D eigenvalue weighted by atomic mass is 10.1. The second-order valence-electron chi connectivity index (χ2n) is 2.58. The van der Waals surface area contributed by atoms with Gasteiger partial charge < -0.3 is 9.84 Å². The Kier molecular flexibility index (Phi) is 2.78. The first-order chi connectivity index (χ1) is 6.07. The number of hydrogen-bond donors (Lipinski definition) is 1. The topological polar surface area (TPSA) is 46.5 Å². The lowest BCUT2D eigenvalue weighted by Gasteiger charge is -2.06. The molecule has 0 aliphatic rings. The standard InChI is InChI=1S/C9H9ClO3/c1-5-3-4-6(10)8(11)7(5)9(12)13-2/h3-4,11H,1-2H3. The number of carbonyl (C=O) groups is 1. The number of hydrogen-bond acceptors (Lipinski definition) is 3. The molecule has 0 radical (unpaired) electrons. The number of benzene rings is 1. The van der Waals surface area contributed by atoms with Gasteiger partial charge in [-0.1, -0.05) is 17.7 Å². The Balaban J connectivity index is 3.33. The highest BCUT2D eigenvalue weighted by Gasteiger charge is 2.16. The van der Waals surface area contributed by atoms with E-state index in [-0.39, 0.29) is 16.3 Å². The molecule has 0 spiro atoms. The number of phenolic OH excluding ortho intramolecular Hbond substituents is 1. The number of halogens is 1. The number of aromatic hydroxyl groups is 1. The van der Waals surface area contributed by atoms with Crippen molar-refractivity contribution in [2.45, 2.75) is 6.92 Å². The third-order valence-corrected chi connectivity index (χ3v) is 2.03. The van der Waals surface area contributed by atoms with E-state index in [0.717, 1.165) is 0 Å². The van der Waals surface area contributed by atoms with Crippen molar-refractivity contribution < 1.29 is 14.6 Å². The summed E-state index contributed by atoms with van der Waals surface area (Å²) in [7, 11) is 1.25. The third kappa shape index (κ3) is 1.75. The Morgan fingerprint density at radius 2 is 2.15 bits per heavy atom. The van der Waals surface area contributed by atoms with E-state index in [2.05, 4.69) is 4.74 Å². The molecule has 1 rings (SSSR count). The van der Waals surface area contributed by atoms with Gasteiger partial charge in [-0.15, -0.1) is 0 Å². The maximum Gasteiger partial charge on any atom is 0.341 e. The molecular weight excluding hydrogens is 192 g/mol. The molecule has 0 unspecified atom stereocenters. The number of methoxy groups -OCH3 is 1. The Hall–Kier alpha value is -1.22. The molecule has 13 heavy (non-hydrogen) atoms. The first-order valence-electron chi connectivity index (χ1n) is 3.64. The van der Waals surface area contributed by atoms with Crippen LogP contribution in [0.3, 0.4) is 0 Å². The molecule has 70 valence electrons. The Morgan fingerprint density at radius 3 is 2.69 bits per heavy atom. The molecule has 1 aromatic carbocycles. The van der Waals surface area contributed by atoms with E-state index in [1.165, 1.54) is 13.2 Å². The summed E-state index contributed by atoms with van der Waals surface area (Å²) in [4.78, 5) is 11.2. The van der Waals surface area contributed by atoms with E-state index in [1.54, 1.807) is 13.0 Å². The van der Waals surface area contributed by atoms with Gasteiger partial charge in [0.1, 0.15) is 11.3 Å². The summed E-state index contributed by atoms with van der Waals surface area (Å²) < 4.78 is 4.50. The van der Waals surface area contributed by atoms with E-state index in [4.69, 9.17) is 11.6 Å². The predicted molar refractivity (Wildman–Crippen MR) is 49.2 cm³/mol. The van der Waals surface area contributed by atoms with Crippen LogP contribution < -0.4 is 0 Å². The highest BCUT2D eigenvalue weighted by Crippen LogP contribution is 2.29. The van der Waals surface area contributed by atoms with Crippen molar-refractivity contribution >= 4 is 17.6 Å². The smallest absolute Gasteiger partial charge is 0.341 e. The molecule has 0 saturated heterocycles. The number of carbonyl (C=O) groups excluding carboxylic acids is 1. The molecular formula is C9H9ClO3. The highest BCUT2D eigenvalue weighted by molar-refractivity contribution is 6.32. The highest BCUT2D eigenvalue weighted by atomic mass is 35.5. The summed E-state index contributed by atoms with van der Waals surface area (Å²) in [6.45, 7) is 1.70. The monoisotopic (exact) mass is 200 g/mol. The zero-order valence-corrected chi connectivity index (χ0v) is 8.05. The lowest BCUT2D eigenvalue weighted by molar-refractivity contribution is 0.0596. The number of rotatable bonds is 1. The molecule has 0 bridgehead atoms. The van der Waals surface area contributed by atoms with Crippen molar-refractivity contribution in [2.75, 3.05) is 7.11 Å². The van der Waals surface area contributed by atoms with Gasteiger partial charge in [0, 0.05) is 0 Å². The van der Waals surface area contributed by atoms with E-state index >= 15 is 0 Å². The molecule has 0 aromatic heterocycles. The fourth-order valence-electron chi connectivity index (χ4n) is 1.03. The molecule has 0 amide bonds. The van der Waals surface area contributed by atoms with Gasteiger partial charge in [0.25, 0.3) is 0 Å². The molecule has 1 aromatic rings. The minimum Gasteiger partial charge on any atom is -0.505 e. The second-order valence-corrected chi connectivity index (χ2v) is 2.99. The van der Waals surface area contributed by atoms with Gasteiger partial charge in [0.05, 0.1) is 12.1 Å². The maximum absolute atomic E-state index is 11.2. The molecule has 3 nitrogen and oxygen atoms in total. The zero-order valence-electron chi connectivity index (χ0n) is 7.30. The summed E-state index contributed by atoms with van der Waals surface area (Å²) >= 11 is 5.63. The summed E-state index contributed by atoms with van der Waals surface area (Å²) in [6, 6.07) is 3.17. The molecule has 0 aliphatic carbocycles. The molecule has 0 atom stereocenters. The number of esters is 1.